The number of nitrogens with one attached hydrogen (secondary N) is 2. The molecule has 33 heavy (non-hydrogen) atoms. The van der Waals surface area contributed by atoms with E-state index in [1.54, 1.807) is 12.1 Å². The molecule has 2 aromatic heterocycles. The van der Waals surface area contributed by atoms with E-state index in [0.717, 1.165) is 23.2 Å². The Labute approximate surface area is 191 Å². The molecule has 0 aliphatic rings. The average molecular weight is 465 g/mol. The van der Waals surface area contributed by atoms with E-state index >= 15 is 0 Å². The second-order valence-electron chi connectivity index (χ2n) is 7.62. The van der Waals surface area contributed by atoms with Crippen LogP contribution in [0.1, 0.15) is 15.9 Å². The van der Waals surface area contributed by atoms with Crippen LogP contribution in [0.15, 0.2) is 78.0 Å². The van der Waals surface area contributed by atoms with E-state index in [0.29, 0.717) is 23.4 Å². The molecule has 0 fully saturated rings. The fourth-order valence-corrected chi connectivity index (χ4v) is 4.14. The standard InChI is InChI=1S/C24H24N4O4S/c1-33(31,32)20-9-10-21(18(14-20)15-25-11-13-29)24(30)26-19-7-5-17(6-8-19)22-16-28-12-3-2-4-23(28)27-22/h2-10,12,14,16,25,29H,11,13,15H2,1H3,(H,26,30). The molecule has 4 aromatic rings. The topological polar surface area (TPSA) is 113 Å². The van der Waals surface area contributed by atoms with Gasteiger partial charge in [0.25, 0.3) is 5.91 Å². The van der Waals surface area contributed by atoms with Crippen molar-refractivity contribution in [2.75, 3.05) is 24.7 Å². The normalized spacial score (nSPS) is 11.6. The van der Waals surface area contributed by atoms with E-state index in [-0.39, 0.29) is 24.0 Å². The molecule has 2 heterocycles. The van der Waals surface area contributed by atoms with Gasteiger partial charge in [0.05, 0.1) is 17.2 Å². The van der Waals surface area contributed by atoms with E-state index in [4.69, 9.17) is 5.11 Å². The highest BCUT2D eigenvalue weighted by molar-refractivity contribution is 7.90. The molecule has 0 aliphatic heterocycles. The largest absolute Gasteiger partial charge is 0.395 e. The number of amides is 1. The zero-order chi connectivity index (χ0) is 23.4. The first kappa shape index (κ1) is 22.7. The Morgan fingerprint density at radius 1 is 1.09 bits per heavy atom. The SMILES string of the molecule is CS(=O)(=O)c1ccc(C(=O)Nc2ccc(-c3cn4ccccc4n3)cc2)c(CNCCO)c1. The van der Waals surface area contributed by atoms with Crippen molar-refractivity contribution in [3.8, 4) is 11.3 Å². The molecule has 2 aromatic carbocycles. The number of hydrogen-bond donors (Lipinski definition) is 3. The number of imidazole rings is 1. The van der Waals surface area contributed by atoms with Gasteiger partial charge in [-0.25, -0.2) is 13.4 Å². The fraction of sp³-hybridized carbons (Fsp3) is 0.167. The summed E-state index contributed by atoms with van der Waals surface area (Å²) in [6, 6.07) is 17.6. The van der Waals surface area contributed by atoms with Gasteiger partial charge >= 0.3 is 0 Å². The van der Waals surface area contributed by atoms with E-state index in [1.807, 2.05) is 47.1 Å². The fourth-order valence-electron chi connectivity index (χ4n) is 3.47. The van der Waals surface area contributed by atoms with Crippen molar-refractivity contribution >= 4 is 27.1 Å². The number of aliphatic hydroxyl groups is 1. The summed E-state index contributed by atoms with van der Waals surface area (Å²) in [5.74, 6) is -0.351. The second-order valence-corrected chi connectivity index (χ2v) is 9.63. The number of aromatic nitrogens is 2. The molecule has 0 spiro atoms. The average Bonchev–Trinajstić information content (AvgIpc) is 3.23. The molecule has 0 radical (unpaired) electrons. The van der Waals surface area contributed by atoms with Crippen LogP contribution < -0.4 is 10.6 Å². The van der Waals surface area contributed by atoms with Crippen molar-refractivity contribution in [3.05, 3.63) is 84.2 Å². The first-order valence-electron chi connectivity index (χ1n) is 10.4. The van der Waals surface area contributed by atoms with Gasteiger partial charge in [0.2, 0.25) is 0 Å². The van der Waals surface area contributed by atoms with Gasteiger partial charge in [-0.15, -0.1) is 0 Å². The Kier molecular flexibility index (Phi) is 6.55. The molecular formula is C24H24N4O4S. The number of hydrogen-bond acceptors (Lipinski definition) is 6. The number of aliphatic hydroxyl groups excluding tert-OH is 1. The smallest absolute Gasteiger partial charge is 0.255 e. The number of rotatable bonds is 8. The van der Waals surface area contributed by atoms with Crippen molar-refractivity contribution < 1.29 is 18.3 Å². The first-order valence-corrected chi connectivity index (χ1v) is 12.2. The molecule has 9 heteroatoms. The van der Waals surface area contributed by atoms with Crippen LogP contribution >= 0.6 is 0 Å². The Morgan fingerprint density at radius 3 is 2.58 bits per heavy atom. The number of benzene rings is 2. The van der Waals surface area contributed by atoms with Gasteiger partial charge in [0.15, 0.2) is 9.84 Å². The zero-order valence-electron chi connectivity index (χ0n) is 18.0. The summed E-state index contributed by atoms with van der Waals surface area (Å²) >= 11 is 0. The summed E-state index contributed by atoms with van der Waals surface area (Å²) in [6.45, 7) is 0.514. The van der Waals surface area contributed by atoms with Crippen LogP contribution in [-0.2, 0) is 16.4 Å². The molecule has 0 saturated carbocycles. The Bertz CT molecular complexity index is 1360. The molecule has 1 amide bonds. The van der Waals surface area contributed by atoms with Gasteiger partial charge < -0.3 is 20.1 Å². The maximum Gasteiger partial charge on any atom is 0.255 e. The molecule has 4 rings (SSSR count). The highest BCUT2D eigenvalue weighted by Crippen LogP contribution is 2.23. The van der Waals surface area contributed by atoms with Gasteiger partial charge in [0.1, 0.15) is 5.65 Å². The quantitative estimate of drug-likeness (QED) is 0.346. The zero-order valence-corrected chi connectivity index (χ0v) is 18.8. The number of anilines is 1. The Balaban J connectivity index is 1.54. The molecule has 0 bridgehead atoms. The van der Waals surface area contributed by atoms with Crippen LogP contribution in [0.5, 0.6) is 0 Å². The summed E-state index contributed by atoms with van der Waals surface area (Å²) in [5.41, 5.74) is 4.09. The summed E-state index contributed by atoms with van der Waals surface area (Å²) in [4.78, 5) is 17.7. The van der Waals surface area contributed by atoms with Crippen LogP contribution in [0.25, 0.3) is 16.9 Å². The summed E-state index contributed by atoms with van der Waals surface area (Å²) in [6.07, 6.45) is 5.00. The number of fused-ring (bicyclic) bond motifs is 1. The minimum atomic E-state index is -3.41. The van der Waals surface area contributed by atoms with Crippen molar-refractivity contribution in [3.63, 3.8) is 0 Å². The molecule has 8 nitrogen and oxygen atoms in total. The highest BCUT2D eigenvalue weighted by atomic mass is 32.2. The van der Waals surface area contributed by atoms with Gasteiger partial charge in [0, 0.05) is 48.6 Å². The maximum atomic E-state index is 12.9. The monoisotopic (exact) mass is 464 g/mol. The molecule has 0 saturated heterocycles. The number of carbonyl (C=O) groups is 1. The predicted molar refractivity (Wildman–Crippen MR) is 127 cm³/mol. The minimum absolute atomic E-state index is 0.0635. The van der Waals surface area contributed by atoms with Crippen molar-refractivity contribution in [2.24, 2.45) is 0 Å². The van der Waals surface area contributed by atoms with Crippen LogP contribution in [-0.4, -0.2) is 48.2 Å². The predicted octanol–water partition coefficient (Wildman–Crippen LogP) is 2.74. The molecule has 0 atom stereocenters. The van der Waals surface area contributed by atoms with E-state index < -0.39 is 9.84 Å². The Morgan fingerprint density at radius 2 is 1.88 bits per heavy atom. The van der Waals surface area contributed by atoms with Gasteiger partial charge in [-0.3, -0.25) is 4.79 Å². The van der Waals surface area contributed by atoms with E-state index in [2.05, 4.69) is 15.6 Å². The summed E-state index contributed by atoms with van der Waals surface area (Å²) in [5, 5.41) is 14.9. The van der Waals surface area contributed by atoms with Crippen LogP contribution in [0.3, 0.4) is 0 Å². The van der Waals surface area contributed by atoms with Crippen molar-refractivity contribution in [1.82, 2.24) is 14.7 Å². The van der Waals surface area contributed by atoms with E-state index in [1.165, 1.54) is 18.2 Å². The molecule has 170 valence electrons. The third-order valence-electron chi connectivity index (χ3n) is 5.16. The number of nitrogens with zero attached hydrogens (tertiary/aromatic N) is 2. The third-order valence-corrected chi connectivity index (χ3v) is 6.27. The Hall–Kier alpha value is -3.53. The van der Waals surface area contributed by atoms with Crippen LogP contribution in [0, 0.1) is 0 Å². The molecule has 0 aliphatic carbocycles. The lowest BCUT2D eigenvalue weighted by molar-refractivity contribution is 0.102. The minimum Gasteiger partial charge on any atom is -0.395 e. The van der Waals surface area contributed by atoms with Crippen molar-refractivity contribution in [1.29, 1.82) is 0 Å². The lowest BCUT2D eigenvalue weighted by atomic mass is 10.1. The van der Waals surface area contributed by atoms with Crippen molar-refractivity contribution in [2.45, 2.75) is 11.4 Å². The van der Waals surface area contributed by atoms with Gasteiger partial charge in [-0.05, 0) is 48.0 Å². The number of carbonyl (C=O) groups excluding carboxylic acids is 1. The summed E-state index contributed by atoms with van der Waals surface area (Å²) in [7, 11) is -3.41. The van der Waals surface area contributed by atoms with Crippen LogP contribution in [0.2, 0.25) is 0 Å². The lowest BCUT2D eigenvalue weighted by Crippen LogP contribution is -2.21. The van der Waals surface area contributed by atoms with E-state index in [9.17, 15) is 13.2 Å². The van der Waals surface area contributed by atoms with Crippen LogP contribution in [0.4, 0.5) is 5.69 Å². The summed E-state index contributed by atoms with van der Waals surface area (Å²) < 4.78 is 25.8. The third kappa shape index (κ3) is 5.28. The number of sulfone groups is 1. The second kappa shape index (κ2) is 9.53. The van der Waals surface area contributed by atoms with Gasteiger partial charge in [-0.1, -0.05) is 18.2 Å². The molecule has 0 unspecified atom stereocenters. The maximum absolute atomic E-state index is 12.9. The number of pyridine rings is 1. The molecule has 3 N–H and O–H groups in total. The first-order chi connectivity index (χ1) is 15.8. The highest BCUT2D eigenvalue weighted by Gasteiger charge is 2.16. The van der Waals surface area contributed by atoms with Gasteiger partial charge in [-0.2, -0.15) is 0 Å². The molecular weight excluding hydrogens is 440 g/mol. The lowest BCUT2D eigenvalue weighted by Gasteiger charge is -2.13.